The molecular formula is C20H18N2O4S. The number of methoxy groups -OCH3 is 1. The highest BCUT2D eigenvalue weighted by molar-refractivity contribution is 7.07. The van der Waals surface area contributed by atoms with Crippen molar-refractivity contribution in [2.45, 2.75) is 13.5 Å². The molecule has 0 bridgehead atoms. The van der Waals surface area contributed by atoms with Gasteiger partial charge in [-0.2, -0.15) is 0 Å². The van der Waals surface area contributed by atoms with Gasteiger partial charge in [0.25, 0.3) is 5.91 Å². The third-order valence-corrected chi connectivity index (χ3v) is 4.51. The largest absolute Gasteiger partial charge is 0.487 e. The Bertz CT molecular complexity index is 954. The van der Waals surface area contributed by atoms with Crippen molar-refractivity contribution < 1.29 is 19.1 Å². The standard InChI is InChI=1S/C20H18N2O4S/c1-13-6-7-15(20(24)25-2)9-18(13)22-19(23)14-4-3-5-17(8-14)26-10-16-11-27-12-21-16/h3-9,11-12H,10H2,1-2H3,(H,22,23). The number of thiazole rings is 1. The monoisotopic (exact) mass is 382 g/mol. The van der Waals surface area contributed by atoms with Crippen LogP contribution in [0.4, 0.5) is 5.69 Å². The fraction of sp³-hybridized carbons (Fsp3) is 0.150. The van der Waals surface area contributed by atoms with E-state index in [1.54, 1.807) is 48.0 Å². The number of nitrogens with one attached hydrogen (secondary N) is 1. The zero-order valence-corrected chi connectivity index (χ0v) is 15.7. The van der Waals surface area contributed by atoms with Crippen LogP contribution in [0.15, 0.2) is 53.4 Å². The first-order valence-corrected chi connectivity index (χ1v) is 9.11. The number of benzene rings is 2. The Morgan fingerprint density at radius 3 is 2.74 bits per heavy atom. The van der Waals surface area contributed by atoms with Crippen LogP contribution < -0.4 is 10.1 Å². The molecule has 0 spiro atoms. The molecule has 138 valence electrons. The number of rotatable bonds is 6. The second-order valence-corrected chi connectivity index (χ2v) is 6.49. The molecule has 0 fully saturated rings. The van der Waals surface area contributed by atoms with Crippen molar-refractivity contribution >= 4 is 28.9 Å². The summed E-state index contributed by atoms with van der Waals surface area (Å²) < 4.78 is 10.4. The summed E-state index contributed by atoms with van der Waals surface area (Å²) >= 11 is 1.50. The molecule has 27 heavy (non-hydrogen) atoms. The molecule has 3 aromatic rings. The number of carbonyl (C=O) groups excluding carboxylic acids is 2. The first-order valence-electron chi connectivity index (χ1n) is 8.17. The van der Waals surface area contributed by atoms with Crippen LogP contribution in [0.1, 0.15) is 32.0 Å². The van der Waals surface area contributed by atoms with Gasteiger partial charge in [0, 0.05) is 16.6 Å². The predicted octanol–water partition coefficient (Wildman–Crippen LogP) is 4.07. The summed E-state index contributed by atoms with van der Waals surface area (Å²) in [6.07, 6.45) is 0. The predicted molar refractivity (Wildman–Crippen MR) is 103 cm³/mol. The van der Waals surface area contributed by atoms with E-state index in [-0.39, 0.29) is 5.91 Å². The second-order valence-electron chi connectivity index (χ2n) is 5.77. The minimum absolute atomic E-state index is 0.292. The van der Waals surface area contributed by atoms with Gasteiger partial charge in [-0.3, -0.25) is 4.79 Å². The Morgan fingerprint density at radius 2 is 2.00 bits per heavy atom. The molecule has 0 aliphatic rings. The molecule has 0 unspecified atom stereocenters. The van der Waals surface area contributed by atoms with Crippen molar-refractivity contribution in [3.05, 3.63) is 75.7 Å². The Balaban J connectivity index is 1.72. The average molecular weight is 382 g/mol. The lowest BCUT2D eigenvalue weighted by Gasteiger charge is -2.11. The highest BCUT2D eigenvalue weighted by Crippen LogP contribution is 2.20. The van der Waals surface area contributed by atoms with Gasteiger partial charge in [0.2, 0.25) is 0 Å². The Morgan fingerprint density at radius 1 is 1.15 bits per heavy atom. The molecule has 1 heterocycles. The van der Waals surface area contributed by atoms with E-state index in [9.17, 15) is 9.59 Å². The Kier molecular flexibility index (Phi) is 5.83. The van der Waals surface area contributed by atoms with Gasteiger partial charge in [-0.05, 0) is 42.8 Å². The normalized spacial score (nSPS) is 10.3. The second kappa shape index (κ2) is 8.46. The van der Waals surface area contributed by atoms with Crippen molar-refractivity contribution in [1.29, 1.82) is 0 Å². The quantitative estimate of drug-likeness (QED) is 0.650. The lowest BCUT2D eigenvalue weighted by Crippen LogP contribution is -2.14. The molecule has 0 saturated carbocycles. The van der Waals surface area contributed by atoms with Crippen LogP contribution in [0.3, 0.4) is 0 Å². The van der Waals surface area contributed by atoms with Gasteiger partial charge < -0.3 is 14.8 Å². The van der Waals surface area contributed by atoms with Crippen LogP contribution in [0, 0.1) is 6.92 Å². The molecule has 1 amide bonds. The van der Waals surface area contributed by atoms with E-state index in [4.69, 9.17) is 9.47 Å². The maximum absolute atomic E-state index is 12.6. The van der Waals surface area contributed by atoms with E-state index in [0.29, 0.717) is 29.2 Å². The smallest absolute Gasteiger partial charge is 0.337 e. The van der Waals surface area contributed by atoms with Crippen LogP contribution in [0.5, 0.6) is 5.75 Å². The van der Waals surface area contributed by atoms with Gasteiger partial charge in [-0.15, -0.1) is 11.3 Å². The molecule has 3 rings (SSSR count). The molecule has 0 aliphatic carbocycles. The van der Waals surface area contributed by atoms with Crippen LogP contribution in [0.25, 0.3) is 0 Å². The third kappa shape index (κ3) is 4.71. The fourth-order valence-electron chi connectivity index (χ4n) is 2.39. The molecule has 2 aromatic carbocycles. The van der Waals surface area contributed by atoms with Crippen LogP contribution in [0.2, 0.25) is 0 Å². The SMILES string of the molecule is COC(=O)c1ccc(C)c(NC(=O)c2cccc(OCc3cscn3)c2)c1. The minimum atomic E-state index is -0.456. The highest BCUT2D eigenvalue weighted by atomic mass is 32.1. The molecule has 0 atom stereocenters. The number of anilines is 1. The fourth-order valence-corrected chi connectivity index (χ4v) is 2.93. The molecular weight excluding hydrogens is 364 g/mol. The van der Waals surface area contributed by atoms with E-state index in [2.05, 4.69) is 10.3 Å². The van der Waals surface area contributed by atoms with E-state index >= 15 is 0 Å². The van der Waals surface area contributed by atoms with E-state index in [0.717, 1.165) is 11.3 Å². The first-order chi connectivity index (χ1) is 13.1. The number of aromatic nitrogens is 1. The van der Waals surface area contributed by atoms with Gasteiger partial charge in [0.15, 0.2) is 0 Å². The molecule has 0 aliphatic heterocycles. The summed E-state index contributed by atoms with van der Waals surface area (Å²) in [5, 5.41) is 4.74. The number of ether oxygens (including phenoxy) is 2. The lowest BCUT2D eigenvalue weighted by molar-refractivity contribution is 0.0600. The van der Waals surface area contributed by atoms with Gasteiger partial charge in [-0.1, -0.05) is 12.1 Å². The topological polar surface area (TPSA) is 77.5 Å². The molecule has 1 aromatic heterocycles. The third-order valence-electron chi connectivity index (χ3n) is 3.87. The van der Waals surface area contributed by atoms with Gasteiger partial charge in [0.1, 0.15) is 12.4 Å². The summed E-state index contributed by atoms with van der Waals surface area (Å²) in [4.78, 5) is 28.5. The number of hydrogen-bond acceptors (Lipinski definition) is 6. The summed E-state index contributed by atoms with van der Waals surface area (Å²) in [7, 11) is 1.32. The number of nitrogens with zero attached hydrogens (tertiary/aromatic N) is 1. The maximum atomic E-state index is 12.6. The molecule has 0 saturated heterocycles. The van der Waals surface area contributed by atoms with E-state index in [1.807, 2.05) is 12.3 Å². The summed E-state index contributed by atoms with van der Waals surface area (Å²) in [5.74, 6) is -0.169. The van der Waals surface area contributed by atoms with E-state index < -0.39 is 5.97 Å². The number of esters is 1. The Hall–Kier alpha value is -3.19. The van der Waals surface area contributed by atoms with Gasteiger partial charge in [-0.25, -0.2) is 9.78 Å². The molecule has 1 N–H and O–H groups in total. The number of hydrogen-bond donors (Lipinski definition) is 1. The molecule has 0 radical (unpaired) electrons. The van der Waals surface area contributed by atoms with Crippen LogP contribution in [-0.4, -0.2) is 24.0 Å². The average Bonchev–Trinajstić information content (AvgIpc) is 3.21. The summed E-state index contributed by atoms with van der Waals surface area (Å²) in [6.45, 7) is 2.19. The van der Waals surface area contributed by atoms with Crippen molar-refractivity contribution in [2.75, 3.05) is 12.4 Å². The zero-order chi connectivity index (χ0) is 19.2. The number of amides is 1. The lowest BCUT2D eigenvalue weighted by atomic mass is 10.1. The Labute approximate surface area is 160 Å². The summed E-state index contributed by atoms with van der Waals surface area (Å²) in [5.41, 5.74) is 4.80. The van der Waals surface area contributed by atoms with Crippen molar-refractivity contribution in [2.24, 2.45) is 0 Å². The maximum Gasteiger partial charge on any atom is 0.337 e. The number of carbonyl (C=O) groups is 2. The summed E-state index contributed by atoms with van der Waals surface area (Å²) in [6, 6.07) is 11.9. The van der Waals surface area contributed by atoms with Crippen LogP contribution >= 0.6 is 11.3 Å². The zero-order valence-electron chi connectivity index (χ0n) is 14.9. The van der Waals surface area contributed by atoms with Gasteiger partial charge >= 0.3 is 5.97 Å². The van der Waals surface area contributed by atoms with Crippen molar-refractivity contribution in [3.63, 3.8) is 0 Å². The van der Waals surface area contributed by atoms with Crippen molar-refractivity contribution in [3.8, 4) is 5.75 Å². The minimum Gasteiger partial charge on any atom is -0.487 e. The number of aryl methyl sites for hydroxylation is 1. The molecule has 7 heteroatoms. The van der Waals surface area contributed by atoms with Gasteiger partial charge in [0.05, 0.1) is 23.9 Å². The highest BCUT2D eigenvalue weighted by Gasteiger charge is 2.12. The van der Waals surface area contributed by atoms with Crippen LogP contribution in [-0.2, 0) is 11.3 Å². The first kappa shape index (κ1) is 18.6. The molecule has 6 nitrogen and oxygen atoms in total. The van der Waals surface area contributed by atoms with E-state index in [1.165, 1.54) is 18.4 Å². The van der Waals surface area contributed by atoms with Crippen molar-refractivity contribution in [1.82, 2.24) is 4.98 Å².